The zero-order valence-electron chi connectivity index (χ0n) is 41.2. The van der Waals surface area contributed by atoms with Gasteiger partial charge in [-0.15, -0.1) is 0 Å². The molecule has 0 amide bonds. The number of aliphatic hydroxyl groups is 1. The average Bonchev–Trinajstić information content (AvgIpc) is 3.23. The van der Waals surface area contributed by atoms with Gasteiger partial charge < -0.3 is 24.0 Å². The topological polar surface area (TPSA) is 129 Å². The van der Waals surface area contributed by atoms with Crippen molar-refractivity contribution in [3.05, 3.63) is 48.6 Å². The number of allylic oxidation sites excluding steroid dienone is 6. The second-order valence-corrected chi connectivity index (χ2v) is 19.9. The minimum absolute atomic E-state index is 0.0134. The number of esters is 2. The predicted octanol–water partition coefficient (Wildman–Crippen LogP) is 14.0. The van der Waals surface area contributed by atoms with Gasteiger partial charge in [-0.1, -0.05) is 204 Å². The molecule has 0 bridgehead atoms. The van der Waals surface area contributed by atoms with Crippen LogP contribution in [0.4, 0.5) is 0 Å². The van der Waals surface area contributed by atoms with Crippen molar-refractivity contribution in [2.24, 2.45) is 0 Å². The third-order valence-corrected chi connectivity index (χ3v) is 11.9. The van der Waals surface area contributed by atoms with Gasteiger partial charge in [0.2, 0.25) is 0 Å². The minimum Gasteiger partial charge on any atom is -0.462 e. The molecule has 0 aromatic heterocycles. The van der Waals surface area contributed by atoms with E-state index in [4.69, 9.17) is 18.5 Å². The first-order valence-corrected chi connectivity index (χ1v) is 27.0. The number of aliphatic hydroxyl groups excluding tert-OH is 1. The van der Waals surface area contributed by atoms with Crippen molar-refractivity contribution >= 4 is 19.8 Å². The number of hydrogen-bond donors (Lipinski definition) is 2. The molecule has 0 aromatic rings. The van der Waals surface area contributed by atoms with Crippen LogP contribution in [0.25, 0.3) is 0 Å². The largest absolute Gasteiger partial charge is 0.472 e. The van der Waals surface area contributed by atoms with Crippen LogP contribution in [0.2, 0.25) is 0 Å². The van der Waals surface area contributed by atoms with Crippen LogP contribution in [0.5, 0.6) is 0 Å². The van der Waals surface area contributed by atoms with Gasteiger partial charge in [0, 0.05) is 12.8 Å². The van der Waals surface area contributed by atoms with E-state index >= 15 is 0 Å². The molecule has 0 aliphatic carbocycles. The number of rotatable bonds is 46. The van der Waals surface area contributed by atoms with Gasteiger partial charge in [0.05, 0.1) is 33.9 Å². The first-order chi connectivity index (χ1) is 30.4. The van der Waals surface area contributed by atoms with Crippen molar-refractivity contribution in [2.75, 3.05) is 47.5 Å². The summed E-state index contributed by atoms with van der Waals surface area (Å²) in [5, 5.41) is 10.1. The number of quaternary nitrogens is 1. The van der Waals surface area contributed by atoms with Crippen LogP contribution in [0.15, 0.2) is 48.6 Å². The molecule has 368 valence electrons. The lowest BCUT2D eigenvalue weighted by Gasteiger charge is -2.24. The maximum atomic E-state index is 12.8. The molecule has 0 aliphatic rings. The Morgan fingerprint density at radius 3 is 1.62 bits per heavy atom. The van der Waals surface area contributed by atoms with Gasteiger partial charge in [-0.3, -0.25) is 18.6 Å². The molecule has 0 saturated carbocycles. The lowest BCUT2D eigenvalue weighted by atomic mass is 10.0. The first kappa shape index (κ1) is 60.9. The molecule has 0 aliphatic heterocycles. The number of carbonyl (C=O) groups excluding carboxylic acids is 2. The van der Waals surface area contributed by atoms with Crippen LogP contribution in [0, 0.1) is 0 Å². The summed E-state index contributed by atoms with van der Waals surface area (Å²) in [5.41, 5.74) is 0. The molecule has 10 nitrogen and oxygen atoms in total. The van der Waals surface area contributed by atoms with Gasteiger partial charge in [0.25, 0.3) is 0 Å². The predicted molar refractivity (Wildman–Crippen MR) is 263 cm³/mol. The number of phosphoric ester groups is 1. The smallest absolute Gasteiger partial charge is 0.462 e. The summed E-state index contributed by atoms with van der Waals surface area (Å²) in [7, 11) is 1.42. The Morgan fingerprint density at radius 2 is 1.06 bits per heavy atom. The minimum atomic E-state index is -4.41. The highest BCUT2D eigenvalue weighted by Gasteiger charge is 2.27. The van der Waals surface area contributed by atoms with Crippen molar-refractivity contribution in [1.82, 2.24) is 0 Å². The van der Waals surface area contributed by atoms with E-state index in [0.717, 1.165) is 32.1 Å². The first-order valence-electron chi connectivity index (χ1n) is 25.5. The maximum Gasteiger partial charge on any atom is 0.472 e. The third kappa shape index (κ3) is 47.7. The van der Waals surface area contributed by atoms with Crippen LogP contribution < -0.4 is 0 Å². The molecular weight excluding hydrogens is 814 g/mol. The molecule has 0 radical (unpaired) electrons. The van der Waals surface area contributed by atoms with E-state index < -0.39 is 38.6 Å². The zero-order chi connectivity index (χ0) is 46.5. The number of carbonyl (C=O) groups is 2. The standard InChI is InChI=1S/C52H96NO9P/c1-6-8-10-12-14-15-16-17-18-19-20-21-22-23-24-25-26-27-32-36-40-44-52(56)62-50(48-61-63(57,58)60-46-45-53(3,4)5)47-59-51(55)43-39-35-31-29-28-30-34-38-42-49(54)41-37-33-13-11-9-7-2/h29-31,33-34,37-38,42,49-50,54H,6-28,32,35-36,39-41,43-48H2,1-5H3/p+1/b31-29-,34-30-,37-33-,42-38+/t49-,50-/m1/s1. The maximum absolute atomic E-state index is 12.8. The molecule has 2 N–H and O–H groups in total. The summed E-state index contributed by atoms with van der Waals surface area (Å²) in [4.78, 5) is 35.5. The van der Waals surface area contributed by atoms with E-state index in [1.165, 1.54) is 128 Å². The fourth-order valence-electron chi connectivity index (χ4n) is 6.92. The van der Waals surface area contributed by atoms with E-state index in [2.05, 4.69) is 19.9 Å². The molecular formula is C52H97NO9P+. The summed E-state index contributed by atoms with van der Waals surface area (Å²) in [5.74, 6) is -0.896. The van der Waals surface area contributed by atoms with Gasteiger partial charge in [0.15, 0.2) is 6.10 Å². The highest BCUT2D eigenvalue weighted by atomic mass is 31.2. The molecule has 0 fully saturated rings. The van der Waals surface area contributed by atoms with E-state index in [1.54, 1.807) is 6.08 Å². The third-order valence-electron chi connectivity index (χ3n) is 10.9. The van der Waals surface area contributed by atoms with Crippen molar-refractivity contribution in [3.8, 4) is 0 Å². The van der Waals surface area contributed by atoms with Crippen LogP contribution >= 0.6 is 7.82 Å². The summed E-state index contributed by atoms with van der Waals surface area (Å²) < 4.78 is 34.3. The number of ether oxygens (including phenoxy) is 2. The van der Waals surface area contributed by atoms with Gasteiger partial charge in [-0.25, -0.2) is 4.57 Å². The number of likely N-dealkylation sites (N-methyl/N-ethyl adjacent to an activating group) is 1. The van der Waals surface area contributed by atoms with Crippen LogP contribution in [-0.2, 0) is 32.7 Å². The zero-order valence-corrected chi connectivity index (χ0v) is 42.1. The summed E-state index contributed by atoms with van der Waals surface area (Å²) in [6.07, 6.45) is 49.1. The molecule has 3 atom stereocenters. The second-order valence-electron chi connectivity index (χ2n) is 18.4. The van der Waals surface area contributed by atoms with E-state index in [9.17, 15) is 24.2 Å². The average molecular weight is 911 g/mol. The van der Waals surface area contributed by atoms with Crippen molar-refractivity contribution in [1.29, 1.82) is 0 Å². The molecule has 0 aromatic carbocycles. The van der Waals surface area contributed by atoms with Crippen LogP contribution in [-0.4, -0.2) is 86.1 Å². The quantitative estimate of drug-likeness (QED) is 0.0153. The SMILES string of the molecule is CCCCC/C=C\C[C@@H](O)/C=C/C=C\C/C=C\CCCC(=O)OC[C@H](COP(=O)(O)OCC[N+](C)(C)C)OC(=O)CCCCCCCCCCCCCCCCCCCCCCC. The lowest BCUT2D eigenvalue weighted by Crippen LogP contribution is -2.37. The molecule has 0 rings (SSSR count). The molecule has 0 heterocycles. The number of phosphoric acid groups is 1. The Kier molecular flexibility index (Phi) is 42.4. The molecule has 0 saturated heterocycles. The van der Waals surface area contributed by atoms with E-state index in [1.807, 2.05) is 57.6 Å². The Bertz CT molecular complexity index is 1230. The monoisotopic (exact) mass is 911 g/mol. The molecule has 0 spiro atoms. The lowest BCUT2D eigenvalue weighted by molar-refractivity contribution is -0.870. The van der Waals surface area contributed by atoms with Gasteiger partial charge >= 0.3 is 19.8 Å². The van der Waals surface area contributed by atoms with Crippen molar-refractivity contribution in [3.63, 3.8) is 0 Å². The Labute approximate surface area is 386 Å². The Morgan fingerprint density at radius 1 is 0.571 bits per heavy atom. The summed E-state index contributed by atoms with van der Waals surface area (Å²) in [6.45, 7) is 4.27. The van der Waals surface area contributed by atoms with Crippen LogP contribution in [0.1, 0.15) is 213 Å². The second kappa shape index (κ2) is 43.8. The van der Waals surface area contributed by atoms with Gasteiger partial charge in [-0.05, 0) is 44.9 Å². The van der Waals surface area contributed by atoms with Gasteiger partial charge in [-0.2, -0.15) is 0 Å². The molecule has 1 unspecified atom stereocenters. The van der Waals surface area contributed by atoms with Crippen molar-refractivity contribution in [2.45, 2.75) is 225 Å². The fourth-order valence-corrected chi connectivity index (χ4v) is 7.66. The van der Waals surface area contributed by atoms with Crippen LogP contribution in [0.3, 0.4) is 0 Å². The van der Waals surface area contributed by atoms with E-state index in [0.29, 0.717) is 36.7 Å². The highest BCUT2D eigenvalue weighted by Crippen LogP contribution is 2.43. The molecule has 11 heteroatoms. The van der Waals surface area contributed by atoms with Gasteiger partial charge in [0.1, 0.15) is 19.8 Å². The summed E-state index contributed by atoms with van der Waals surface area (Å²) in [6, 6.07) is 0. The Hall–Kier alpha value is -2.07. The Balaban J connectivity index is 4.36. The highest BCUT2D eigenvalue weighted by molar-refractivity contribution is 7.47. The molecule has 63 heavy (non-hydrogen) atoms. The number of nitrogens with zero attached hydrogens (tertiary/aromatic N) is 1. The number of unbranched alkanes of at least 4 members (excludes halogenated alkanes) is 24. The summed E-state index contributed by atoms with van der Waals surface area (Å²) >= 11 is 0. The number of hydrogen-bond acceptors (Lipinski definition) is 8. The van der Waals surface area contributed by atoms with Crippen molar-refractivity contribution < 1.29 is 47.2 Å². The van der Waals surface area contributed by atoms with E-state index in [-0.39, 0.29) is 26.1 Å². The fraction of sp³-hybridized carbons (Fsp3) is 0.808. The normalized spacial score (nSPS) is 14.3.